The average molecular weight is 336 g/mol. The van der Waals surface area contributed by atoms with Gasteiger partial charge >= 0.3 is 0 Å². The second-order valence-electron chi connectivity index (χ2n) is 7.23. The highest BCUT2D eigenvalue weighted by molar-refractivity contribution is 6.15. The van der Waals surface area contributed by atoms with Gasteiger partial charge in [-0.1, -0.05) is 30.3 Å². The zero-order chi connectivity index (χ0) is 18.2. The number of anilines is 2. The topological polar surface area (TPSA) is 49.4 Å². The third-order valence-electron chi connectivity index (χ3n) is 4.88. The molecule has 2 amide bonds. The Kier molecular flexibility index (Phi) is 4.38. The van der Waals surface area contributed by atoms with Crippen molar-refractivity contribution in [1.29, 1.82) is 0 Å². The molecule has 4 nitrogen and oxygen atoms in total. The predicted molar refractivity (Wildman–Crippen MR) is 101 cm³/mol. The summed E-state index contributed by atoms with van der Waals surface area (Å²) >= 11 is 0. The minimum absolute atomic E-state index is 0.166. The molecule has 130 valence electrons. The Morgan fingerprint density at radius 2 is 1.80 bits per heavy atom. The first-order valence-corrected chi connectivity index (χ1v) is 8.59. The number of carbonyl (C=O) groups excluding carboxylic acids is 2. The van der Waals surface area contributed by atoms with Crippen molar-refractivity contribution in [1.82, 2.24) is 0 Å². The van der Waals surface area contributed by atoms with Crippen LogP contribution in [0.15, 0.2) is 42.5 Å². The minimum atomic E-state index is -1.15. The van der Waals surface area contributed by atoms with Crippen LogP contribution in [0.4, 0.5) is 11.4 Å². The van der Waals surface area contributed by atoms with E-state index >= 15 is 0 Å². The molecule has 25 heavy (non-hydrogen) atoms. The van der Waals surface area contributed by atoms with Crippen molar-refractivity contribution < 1.29 is 9.59 Å². The summed E-state index contributed by atoms with van der Waals surface area (Å²) in [6.45, 7) is 7.93. The van der Waals surface area contributed by atoms with Crippen LogP contribution >= 0.6 is 0 Å². The molecule has 3 rings (SSSR count). The molecule has 1 aliphatic rings. The van der Waals surface area contributed by atoms with Crippen LogP contribution in [0.5, 0.6) is 0 Å². The van der Waals surface area contributed by atoms with Gasteiger partial charge in [-0.2, -0.15) is 0 Å². The van der Waals surface area contributed by atoms with E-state index in [9.17, 15) is 9.59 Å². The fourth-order valence-electron chi connectivity index (χ4n) is 3.13. The Bertz CT molecular complexity index is 840. The number of nitrogens with zero attached hydrogens (tertiary/aromatic N) is 1. The largest absolute Gasteiger partial charge is 0.325 e. The fraction of sp³-hybridized carbons (Fsp3) is 0.333. The quantitative estimate of drug-likeness (QED) is 0.865. The number of amides is 2. The Hall–Kier alpha value is -2.62. The van der Waals surface area contributed by atoms with Crippen LogP contribution in [0.25, 0.3) is 0 Å². The van der Waals surface area contributed by atoms with Gasteiger partial charge < -0.3 is 10.2 Å². The van der Waals surface area contributed by atoms with Crippen molar-refractivity contribution in [3.63, 3.8) is 0 Å². The van der Waals surface area contributed by atoms with Gasteiger partial charge in [0.1, 0.15) is 5.41 Å². The molecule has 0 saturated heterocycles. The first-order valence-electron chi connectivity index (χ1n) is 8.59. The van der Waals surface area contributed by atoms with Crippen molar-refractivity contribution in [3.8, 4) is 0 Å². The molecule has 2 aromatic carbocycles. The molecule has 1 aliphatic heterocycles. The van der Waals surface area contributed by atoms with Crippen LogP contribution in [0.2, 0.25) is 0 Å². The first kappa shape index (κ1) is 17.2. The molecule has 0 aromatic heterocycles. The van der Waals surface area contributed by atoms with Crippen molar-refractivity contribution in [2.45, 2.75) is 34.1 Å². The van der Waals surface area contributed by atoms with E-state index in [0.717, 1.165) is 34.5 Å². The number of carbonyl (C=O) groups is 2. The normalized spacial score (nSPS) is 13.5. The molecule has 0 saturated carbocycles. The van der Waals surface area contributed by atoms with Crippen molar-refractivity contribution in [2.75, 3.05) is 16.8 Å². The monoisotopic (exact) mass is 336 g/mol. The molecule has 2 aromatic rings. The summed E-state index contributed by atoms with van der Waals surface area (Å²) in [5, 5.41) is 2.93. The smallest absolute Gasteiger partial charge is 0.242 e. The average Bonchev–Trinajstić information content (AvgIpc) is 3.01. The van der Waals surface area contributed by atoms with Crippen LogP contribution < -0.4 is 10.2 Å². The molecule has 0 atom stereocenters. The third kappa shape index (κ3) is 3.16. The van der Waals surface area contributed by atoms with E-state index in [2.05, 4.69) is 5.32 Å². The lowest BCUT2D eigenvalue weighted by Gasteiger charge is -2.29. The highest BCUT2D eigenvalue weighted by atomic mass is 16.2. The molecule has 0 fully saturated rings. The van der Waals surface area contributed by atoms with E-state index in [1.165, 1.54) is 0 Å². The number of para-hydroxylation sites is 1. The molecule has 0 bridgehead atoms. The maximum atomic E-state index is 13.1. The number of fused-ring (bicyclic) bond motifs is 1. The lowest BCUT2D eigenvalue weighted by atomic mass is 9.90. The Morgan fingerprint density at radius 1 is 1.08 bits per heavy atom. The second kappa shape index (κ2) is 6.36. The summed E-state index contributed by atoms with van der Waals surface area (Å²) in [6, 6.07) is 13.8. The van der Waals surface area contributed by atoms with Crippen LogP contribution in [0.1, 0.15) is 30.5 Å². The van der Waals surface area contributed by atoms with E-state index in [1.54, 1.807) is 18.7 Å². The number of aryl methyl sites for hydroxylation is 2. The molecule has 0 aliphatic carbocycles. The Labute approximate surface area is 148 Å². The molecule has 0 radical (unpaired) electrons. The number of hydrogen-bond acceptors (Lipinski definition) is 2. The summed E-state index contributed by atoms with van der Waals surface area (Å²) in [5.41, 5.74) is 3.73. The van der Waals surface area contributed by atoms with Crippen LogP contribution in [-0.4, -0.2) is 18.4 Å². The number of nitrogens with one attached hydrogen (secondary N) is 1. The maximum Gasteiger partial charge on any atom is 0.242 e. The summed E-state index contributed by atoms with van der Waals surface area (Å²) < 4.78 is 0. The molecule has 0 unspecified atom stereocenters. The molecule has 1 heterocycles. The summed E-state index contributed by atoms with van der Waals surface area (Å²) in [4.78, 5) is 27.7. The highest BCUT2D eigenvalue weighted by Gasteiger charge is 2.41. The Balaban J connectivity index is 1.82. The van der Waals surface area contributed by atoms with Gasteiger partial charge in [0.05, 0.1) is 0 Å². The SMILES string of the molecule is Cc1ccc(C)c(NC(=O)C(C)(C)C(=O)N2CCc3ccccc32)c1. The van der Waals surface area contributed by atoms with Gasteiger partial charge in [0.25, 0.3) is 0 Å². The van der Waals surface area contributed by atoms with Crippen molar-refractivity contribution >= 4 is 23.2 Å². The van der Waals surface area contributed by atoms with Crippen LogP contribution in [-0.2, 0) is 16.0 Å². The maximum absolute atomic E-state index is 13.1. The number of rotatable bonds is 3. The van der Waals surface area contributed by atoms with Gasteiger partial charge in [-0.3, -0.25) is 9.59 Å². The van der Waals surface area contributed by atoms with E-state index < -0.39 is 5.41 Å². The molecular formula is C21H24N2O2. The molecule has 0 spiro atoms. The van der Waals surface area contributed by atoms with Gasteiger partial charge in [-0.15, -0.1) is 0 Å². The molecule has 1 N–H and O–H groups in total. The second-order valence-corrected chi connectivity index (χ2v) is 7.23. The van der Waals surface area contributed by atoms with Crippen molar-refractivity contribution in [3.05, 3.63) is 59.2 Å². The molecular weight excluding hydrogens is 312 g/mol. The van der Waals surface area contributed by atoms with Crippen molar-refractivity contribution in [2.24, 2.45) is 5.41 Å². The van der Waals surface area contributed by atoms with Gasteiger partial charge in [0.15, 0.2) is 0 Å². The molecule has 4 heteroatoms. The summed E-state index contributed by atoms with van der Waals surface area (Å²) in [6.07, 6.45) is 0.830. The van der Waals surface area contributed by atoms with Gasteiger partial charge in [-0.25, -0.2) is 0 Å². The minimum Gasteiger partial charge on any atom is -0.325 e. The van der Waals surface area contributed by atoms with Gasteiger partial charge in [0.2, 0.25) is 11.8 Å². The zero-order valence-electron chi connectivity index (χ0n) is 15.2. The summed E-state index contributed by atoms with van der Waals surface area (Å²) in [7, 11) is 0. The standard InChI is InChI=1S/C21H24N2O2/c1-14-9-10-15(2)17(13-14)22-19(24)21(3,4)20(25)23-12-11-16-7-5-6-8-18(16)23/h5-10,13H,11-12H2,1-4H3,(H,22,24). The number of hydrogen-bond donors (Lipinski definition) is 1. The van der Waals surface area contributed by atoms with E-state index in [0.29, 0.717) is 6.54 Å². The number of benzene rings is 2. The first-order chi connectivity index (χ1) is 11.8. The fourth-order valence-corrected chi connectivity index (χ4v) is 3.13. The van der Waals surface area contributed by atoms with E-state index in [1.807, 2.05) is 56.3 Å². The van der Waals surface area contributed by atoms with Gasteiger partial charge in [0, 0.05) is 17.9 Å². The van der Waals surface area contributed by atoms with Crippen LogP contribution in [0, 0.1) is 19.3 Å². The highest BCUT2D eigenvalue weighted by Crippen LogP contribution is 2.32. The Morgan fingerprint density at radius 3 is 2.56 bits per heavy atom. The lowest BCUT2D eigenvalue weighted by molar-refractivity contribution is -0.136. The van der Waals surface area contributed by atoms with Crippen LogP contribution in [0.3, 0.4) is 0 Å². The van der Waals surface area contributed by atoms with E-state index in [-0.39, 0.29) is 11.8 Å². The lowest BCUT2D eigenvalue weighted by Crippen LogP contribution is -2.47. The summed E-state index contributed by atoms with van der Waals surface area (Å²) in [5.74, 6) is -0.448. The van der Waals surface area contributed by atoms with Gasteiger partial charge in [-0.05, 0) is 62.9 Å². The predicted octanol–water partition coefficient (Wildman–Crippen LogP) is 3.86. The van der Waals surface area contributed by atoms with E-state index in [4.69, 9.17) is 0 Å². The third-order valence-corrected chi connectivity index (χ3v) is 4.88. The zero-order valence-corrected chi connectivity index (χ0v) is 15.2.